The molecule has 1 atom stereocenters. The van der Waals surface area contributed by atoms with Crippen molar-refractivity contribution in [2.24, 2.45) is 0 Å². The van der Waals surface area contributed by atoms with Gasteiger partial charge in [-0.15, -0.1) is 0 Å². The molecule has 0 saturated heterocycles. The Labute approximate surface area is 205 Å². The van der Waals surface area contributed by atoms with E-state index in [0.717, 1.165) is 16.0 Å². The minimum atomic E-state index is -1.17. The van der Waals surface area contributed by atoms with Crippen molar-refractivity contribution in [3.05, 3.63) is 87.9 Å². The second-order valence-corrected chi connectivity index (χ2v) is 8.36. The van der Waals surface area contributed by atoms with Crippen LogP contribution < -0.4 is 5.32 Å². The van der Waals surface area contributed by atoms with E-state index in [4.69, 9.17) is 27.9 Å². The van der Waals surface area contributed by atoms with Gasteiger partial charge in [0.1, 0.15) is 6.54 Å². The molecule has 1 N–H and O–H groups in total. The van der Waals surface area contributed by atoms with Crippen LogP contribution in [0.1, 0.15) is 27.6 Å². The van der Waals surface area contributed by atoms with Crippen molar-refractivity contribution in [3.63, 3.8) is 0 Å². The first kappa shape index (κ1) is 23.5. The maximum Gasteiger partial charge on any atom is 0.326 e. The fraction of sp³-hybridized carbons (Fsp3) is 0.120. The zero-order valence-corrected chi connectivity index (χ0v) is 19.4. The van der Waals surface area contributed by atoms with Crippen LogP contribution in [0.4, 0.5) is 5.69 Å². The van der Waals surface area contributed by atoms with Gasteiger partial charge in [0, 0.05) is 11.3 Å². The number of carbonyl (C=O) groups excluding carboxylic acids is 4. The zero-order chi connectivity index (χ0) is 24.4. The van der Waals surface area contributed by atoms with Gasteiger partial charge in [0.15, 0.2) is 6.10 Å². The number of fused-ring (bicyclic) bond motifs is 1. The van der Waals surface area contributed by atoms with E-state index in [1.165, 1.54) is 19.1 Å². The van der Waals surface area contributed by atoms with Gasteiger partial charge in [0.05, 0.1) is 21.2 Å². The second kappa shape index (κ2) is 9.67. The molecule has 0 aliphatic carbocycles. The van der Waals surface area contributed by atoms with Gasteiger partial charge in [-0.2, -0.15) is 0 Å². The quantitative estimate of drug-likeness (QED) is 0.389. The number of para-hydroxylation sites is 1. The van der Waals surface area contributed by atoms with Gasteiger partial charge in [-0.25, -0.2) is 0 Å². The smallest absolute Gasteiger partial charge is 0.326 e. The molecular weight excluding hydrogens is 479 g/mol. The van der Waals surface area contributed by atoms with E-state index < -0.39 is 36.3 Å². The van der Waals surface area contributed by atoms with E-state index in [-0.39, 0.29) is 21.2 Å². The summed E-state index contributed by atoms with van der Waals surface area (Å²) in [7, 11) is 0. The molecule has 0 aromatic heterocycles. The van der Waals surface area contributed by atoms with Crippen molar-refractivity contribution in [2.75, 3.05) is 11.9 Å². The number of imide groups is 1. The number of benzene rings is 3. The average Bonchev–Trinajstić information content (AvgIpc) is 3.04. The molecule has 0 spiro atoms. The molecule has 0 saturated carbocycles. The maximum atomic E-state index is 12.7. The number of nitrogens with zero attached hydrogens (tertiary/aromatic N) is 1. The first-order valence-electron chi connectivity index (χ1n) is 10.3. The maximum absolute atomic E-state index is 12.7. The van der Waals surface area contributed by atoms with Crippen LogP contribution >= 0.6 is 23.2 Å². The van der Waals surface area contributed by atoms with E-state index in [1.807, 2.05) is 42.5 Å². The van der Waals surface area contributed by atoms with E-state index >= 15 is 0 Å². The summed E-state index contributed by atoms with van der Waals surface area (Å²) in [5, 5.41) is 2.99. The molecule has 9 heteroatoms. The van der Waals surface area contributed by atoms with Gasteiger partial charge in [-0.05, 0) is 30.7 Å². The van der Waals surface area contributed by atoms with Crippen molar-refractivity contribution in [3.8, 4) is 11.1 Å². The lowest BCUT2D eigenvalue weighted by molar-refractivity contribution is -0.153. The predicted octanol–water partition coefficient (Wildman–Crippen LogP) is 4.83. The Kier molecular flexibility index (Phi) is 6.68. The molecule has 34 heavy (non-hydrogen) atoms. The molecule has 0 radical (unpaired) electrons. The Balaban J connectivity index is 1.41. The lowest BCUT2D eigenvalue weighted by atomic mass is 10.0. The molecule has 4 rings (SSSR count). The van der Waals surface area contributed by atoms with Crippen molar-refractivity contribution < 1.29 is 23.9 Å². The summed E-state index contributed by atoms with van der Waals surface area (Å²) < 4.78 is 5.19. The summed E-state index contributed by atoms with van der Waals surface area (Å²) >= 11 is 11.9. The van der Waals surface area contributed by atoms with Crippen molar-refractivity contribution in [1.29, 1.82) is 0 Å². The SMILES string of the molecule is CC(OC(=O)CN1C(=O)c2cc(Cl)c(Cl)cc2C1=O)C(=O)Nc1ccccc1-c1ccccc1. The standard InChI is InChI=1S/C25H18Cl2N2O5/c1-14(23(31)28-21-10-6-5-9-16(21)15-7-3-2-4-8-15)34-22(30)13-29-24(32)17-11-19(26)20(27)12-18(17)25(29)33/h2-12,14H,13H2,1H3,(H,28,31). The molecule has 1 unspecified atom stereocenters. The Bertz CT molecular complexity index is 1270. The third-order valence-electron chi connectivity index (χ3n) is 5.25. The summed E-state index contributed by atoms with van der Waals surface area (Å²) in [6.45, 7) is 0.750. The third kappa shape index (κ3) is 4.66. The number of ether oxygens (including phenoxy) is 1. The highest BCUT2D eigenvalue weighted by Gasteiger charge is 2.38. The summed E-state index contributed by atoms with van der Waals surface area (Å²) in [5.74, 6) is -2.85. The van der Waals surface area contributed by atoms with Crippen LogP contribution in [0.2, 0.25) is 10.0 Å². The monoisotopic (exact) mass is 496 g/mol. The number of anilines is 1. The summed E-state index contributed by atoms with van der Waals surface area (Å²) in [5.41, 5.74) is 2.37. The van der Waals surface area contributed by atoms with Gasteiger partial charge in [0.2, 0.25) is 0 Å². The summed E-state index contributed by atoms with van der Waals surface area (Å²) in [6, 6.07) is 19.3. The number of hydrogen-bond donors (Lipinski definition) is 1. The number of nitrogens with one attached hydrogen (secondary N) is 1. The van der Waals surface area contributed by atoms with Crippen LogP contribution in [0.15, 0.2) is 66.7 Å². The highest BCUT2D eigenvalue weighted by atomic mass is 35.5. The van der Waals surface area contributed by atoms with Crippen LogP contribution in [0.3, 0.4) is 0 Å². The average molecular weight is 497 g/mol. The van der Waals surface area contributed by atoms with Crippen LogP contribution in [0, 0.1) is 0 Å². The Hall–Kier alpha value is -3.68. The molecule has 3 aromatic carbocycles. The van der Waals surface area contributed by atoms with Crippen LogP contribution in [-0.4, -0.2) is 41.2 Å². The minimum Gasteiger partial charge on any atom is -0.451 e. The molecule has 1 heterocycles. The molecule has 7 nitrogen and oxygen atoms in total. The second-order valence-electron chi connectivity index (χ2n) is 7.54. The fourth-order valence-corrected chi connectivity index (χ4v) is 3.87. The summed E-state index contributed by atoms with van der Waals surface area (Å²) in [4.78, 5) is 51.0. The topological polar surface area (TPSA) is 92.8 Å². The van der Waals surface area contributed by atoms with Crippen molar-refractivity contribution in [2.45, 2.75) is 13.0 Å². The molecule has 0 fully saturated rings. The molecule has 1 aliphatic rings. The molecule has 3 aromatic rings. The van der Waals surface area contributed by atoms with Crippen LogP contribution in [-0.2, 0) is 14.3 Å². The lowest BCUT2D eigenvalue weighted by Crippen LogP contribution is -2.38. The third-order valence-corrected chi connectivity index (χ3v) is 5.97. The molecule has 172 valence electrons. The number of halogens is 2. The fourth-order valence-electron chi connectivity index (χ4n) is 3.54. The molecule has 0 bridgehead atoms. The molecule has 3 amide bonds. The summed E-state index contributed by atoms with van der Waals surface area (Å²) in [6.07, 6.45) is -1.17. The van der Waals surface area contributed by atoms with Gasteiger partial charge < -0.3 is 10.1 Å². The minimum absolute atomic E-state index is 0.0514. The number of carbonyl (C=O) groups is 4. The van der Waals surface area contributed by atoms with E-state index in [9.17, 15) is 19.2 Å². The van der Waals surface area contributed by atoms with Gasteiger partial charge in [0.25, 0.3) is 17.7 Å². The first-order valence-corrected chi connectivity index (χ1v) is 11.0. The molecular formula is C25H18Cl2N2O5. The van der Waals surface area contributed by atoms with Crippen molar-refractivity contribution in [1.82, 2.24) is 4.90 Å². The Morgan fingerprint density at radius 3 is 2.06 bits per heavy atom. The number of rotatable bonds is 6. The number of amides is 3. The van der Waals surface area contributed by atoms with Gasteiger partial charge in [-0.3, -0.25) is 24.1 Å². The van der Waals surface area contributed by atoms with Gasteiger partial charge in [-0.1, -0.05) is 71.7 Å². The predicted molar refractivity (Wildman–Crippen MR) is 128 cm³/mol. The van der Waals surface area contributed by atoms with Crippen LogP contribution in [0.25, 0.3) is 11.1 Å². The largest absolute Gasteiger partial charge is 0.451 e. The Morgan fingerprint density at radius 2 is 1.44 bits per heavy atom. The van der Waals surface area contributed by atoms with Gasteiger partial charge >= 0.3 is 5.97 Å². The lowest BCUT2D eigenvalue weighted by Gasteiger charge is -2.18. The number of esters is 1. The Morgan fingerprint density at radius 1 is 0.882 bits per heavy atom. The highest BCUT2D eigenvalue weighted by molar-refractivity contribution is 6.43. The number of hydrogen-bond acceptors (Lipinski definition) is 5. The van der Waals surface area contributed by atoms with E-state index in [2.05, 4.69) is 5.32 Å². The normalized spacial score (nSPS) is 13.4. The van der Waals surface area contributed by atoms with Crippen LogP contribution in [0.5, 0.6) is 0 Å². The first-order chi connectivity index (χ1) is 16.3. The van der Waals surface area contributed by atoms with Crippen molar-refractivity contribution >= 4 is 52.6 Å². The zero-order valence-electron chi connectivity index (χ0n) is 17.9. The molecule has 1 aliphatic heterocycles. The highest BCUT2D eigenvalue weighted by Crippen LogP contribution is 2.31. The van der Waals surface area contributed by atoms with E-state index in [1.54, 1.807) is 12.1 Å². The van der Waals surface area contributed by atoms with E-state index in [0.29, 0.717) is 5.69 Å².